The number of aromatic nitrogens is 1. The molecule has 0 saturated carbocycles. The fourth-order valence-electron chi connectivity index (χ4n) is 3.02. The van der Waals surface area contributed by atoms with Gasteiger partial charge in [-0.05, 0) is 31.5 Å². The summed E-state index contributed by atoms with van der Waals surface area (Å²) >= 11 is 0. The molecular weight excluding hydrogens is 298 g/mol. The minimum absolute atomic E-state index is 0.0314. The van der Waals surface area contributed by atoms with Gasteiger partial charge in [-0.2, -0.15) is 4.31 Å². The third-order valence-electron chi connectivity index (χ3n) is 4.07. The Morgan fingerprint density at radius 2 is 2.14 bits per heavy atom. The fraction of sp³-hybridized carbons (Fsp3) is 0.438. The van der Waals surface area contributed by atoms with Gasteiger partial charge in [-0.3, -0.25) is 4.98 Å². The van der Waals surface area contributed by atoms with E-state index >= 15 is 0 Å². The summed E-state index contributed by atoms with van der Waals surface area (Å²) in [6.07, 6.45) is 3.30. The van der Waals surface area contributed by atoms with Gasteiger partial charge < -0.3 is 5.32 Å². The third kappa shape index (κ3) is 2.74. The Kier molecular flexibility index (Phi) is 4.42. The molecular formula is C16H21N3O2S. The van der Waals surface area contributed by atoms with E-state index in [4.69, 9.17) is 0 Å². The number of hydrogen-bond donors (Lipinski definition) is 1. The van der Waals surface area contributed by atoms with Crippen LogP contribution < -0.4 is 5.32 Å². The molecule has 0 amide bonds. The molecule has 1 N–H and O–H groups in total. The first-order chi connectivity index (χ1) is 10.6. The maximum absolute atomic E-state index is 13.2. The van der Waals surface area contributed by atoms with Crippen molar-refractivity contribution >= 4 is 20.9 Å². The van der Waals surface area contributed by atoms with E-state index in [9.17, 15) is 8.42 Å². The molecule has 3 rings (SSSR count). The van der Waals surface area contributed by atoms with Gasteiger partial charge in [0, 0.05) is 30.7 Å². The Labute approximate surface area is 131 Å². The van der Waals surface area contributed by atoms with E-state index in [1.54, 1.807) is 22.6 Å². The monoisotopic (exact) mass is 319 g/mol. The average molecular weight is 319 g/mol. The zero-order valence-corrected chi connectivity index (χ0v) is 13.5. The highest BCUT2D eigenvalue weighted by Gasteiger charge is 2.33. The molecule has 118 valence electrons. The maximum Gasteiger partial charge on any atom is 0.245 e. The molecule has 2 aromatic rings. The molecule has 1 unspecified atom stereocenters. The molecule has 6 heteroatoms. The predicted octanol–water partition coefficient (Wildman–Crippen LogP) is 2.00. The second kappa shape index (κ2) is 6.32. The first-order valence-electron chi connectivity index (χ1n) is 7.71. The van der Waals surface area contributed by atoms with Crippen LogP contribution in [0, 0.1) is 0 Å². The molecule has 1 aromatic heterocycles. The number of benzene rings is 1. The molecule has 5 nitrogen and oxygen atoms in total. The second-order valence-electron chi connectivity index (χ2n) is 5.59. The van der Waals surface area contributed by atoms with Crippen molar-refractivity contribution in [2.45, 2.75) is 30.7 Å². The van der Waals surface area contributed by atoms with Crippen LogP contribution in [0.5, 0.6) is 0 Å². The van der Waals surface area contributed by atoms with E-state index in [1.807, 2.05) is 25.1 Å². The summed E-state index contributed by atoms with van der Waals surface area (Å²) in [5.41, 5.74) is 0.553. The van der Waals surface area contributed by atoms with E-state index in [1.165, 1.54) is 0 Å². The zero-order valence-electron chi connectivity index (χ0n) is 12.7. The molecule has 22 heavy (non-hydrogen) atoms. The molecule has 0 spiro atoms. The Hall–Kier alpha value is -1.50. The first-order valence-corrected chi connectivity index (χ1v) is 9.15. The maximum atomic E-state index is 13.2. The summed E-state index contributed by atoms with van der Waals surface area (Å²) in [5, 5.41) is 4.10. The van der Waals surface area contributed by atoms with E-state index in [-0.39, 0.29) is 6.04 Å². The van der Waals surface area contributed by atoms with Gasteiger partial charge in [0.1, 0.15) is 4.90 Å². The van der Waals surface area contributed by atoms with Crippen LogP contribution in [0.1, 0.15) is 19.8 Å². The van der Waals surface area contributed by atoms with Crippen molar-refractivity contribution in [3.8, 4) is 0 Å². The number of nitrogens with zero attached hydrogens (tertiary/aromatic N) is 2. The van der Waals surface area contributed by atoms with Gasteiger partial charge in [-0.15, -0.1) is 0 Å². The molecule has 1 saturated heterocycles. The first kappa shape index (κ1) is 15.4. The minimum atomic E-state index is -3.54. The summed E-state index contributed by atoms with van der Waals surface area (Å²) < 4.78 is 28.0. The number of pyridine rings is 1. The fourth-order valence-corrected chi connectivity index (χ4v) is 4.93. The third-order valence-corrected chi connectivity index (χ3v) is 6.05. The summed E-state index contributed by atoms with van der Waals surface area (Å²) in [6.45, 7) is 4.13. The zero-order chi connectivity index (χ0) is 15.6. The summed E-state index contributed by atoms with van der Waals surface area (Å²) in [4.78, 5) is 4.61. The summed E-state index contributed by atoms with van der Waals surface area (Å²) in [6, 6.07) is 9.09. The van der Waals surface area contributed by atoms with E-state index in [2.05, 4.69) is 10.3 Å². The van der Waals surface area contributed by atoms with E-state index < -0.39 is 10.0 Å². The topological polar surface area (TPSA) is 62.3 Å². The largest absolute Gasteiger partial charge is 0.315 e. The molecule has 1 aromatic carbocycles. The lowest BCUT2D eigenvalue weighted by Gasteiger charge is -2.27. The molecule has 1 fully saturated rings. The number of nitrogens with one attached hydrogen (secondary N) is 1. The van der Waals surface area contributed by atoms with E-state index in [0.29, 0.717) is 17.0 Å². The molecule has 1 atom stereocenters. The van der Waals surface area contributed by atoms with Crippen LogP contribution in [0.4, 0.5) is 0 Å². The van der Waals surface area contributed by atoms with Crippen molar-refractivity contribution in [1.82, 2.24) is 14.6 Å². The number of rotatable bonds is 5. The van der Waals surface area contributed by atoms with Gasteiger partial charge in [-0.25, -0.2) is 8.42 Å². The lowest BCUT2D eigenvalue weighted by Crippen LogP contribution is -2.42. The van der Waals surface area contributed by atoms with Gasteiger partial charge in [-0.1, -0.05) is 25.1 Å². The highest BCUT2D eigenvalue weighted by molar-refractivity contribution is 7.89. The van der Waals surface area contributed by atoms with Crippen LogP contribution in [0.2, 0.25) is 0 Å². The Bertz CT molecular complexity index is 750. The second-order valence-corrected chi connectivity index (χ2v) is 7.45. The summed E-state index contributed by atoms with van der Waals surface area (Å²) in [5.74, 6) is 0. The molecule has 1 aliphatic rings. The lowest BCUT2D eigenvalue weighted by atomic mass is 10.2. The van der Waals surface area contributed by atoms with Crippen molar-refractivity contribution < 1.29 is 8.42 Å². The Morgan fingerprint density at radius 1 is 1.32 bits per heavy atom. The molecule has 1 aliphatic heterocycles. The van der Waals surface area contributed by atoms with E-state index in [0.717, 1.165) is 31.3 Å². The molecule has 0 radical (unpaired) electrons. The number of para-hydroxylation sites is 1. The van der Waals surface area contributed by atoms with Crippen LogP contribution in [0.15, 0.2) is 41.4 Å². The van der Waals surface area contributed by atoms with Crippen molar-refractivity contribution in [1.29, 1.82) is 0 Å². The van der Waals surface area contributed by atoms with Crippen molar-refractivity contribution in [3.63, 3.8) is 0 Å². The van der Waals surface area contributed by atoms with Crippen molar-refractivity contribution in [2.24, 2.45) is 0 Å². The molecule has 0 aliphatic carbocycles. The lowest BCUT2D eigenvalue weighted by molar-refractivity contribution is 0.335. The van der Waals surface area contributed by atoms with Gasteiger partial charge in [0.2, 0.25) is 10.0 Å². The number of fused-ring (bicyclic) bond motifs is 1. The Balaban J connectivity index is 2.09. The predicted molar refractivity (Wildman–Crippen MR) is 87.2 cm³/mol. The number of hydrogen-bond acceptors (Lipinski definition) is 4. The Morgan fingerprint density at radius 3 is 2.86 bits per heavy atom. The standard InChI is InChI=1S/C16H21N3O2S/c1-2-11-19(14-8-10-17-12-14)22(20,21)15-7-3-5-13-6-4-9-18-16(13)15/h3-7,9,14,17H,2,8,10-12H2,1H3. The van der Waals surface area contributed by atoms with Crippen LogP contribution in [0.25, 0.3) is 10.9 Å². The highest BCUT2D eigenvalue weighted by Crippen LogP contribution is 2.26. The molecule has 2 heterocycles. The van der Waals surface area contributed by atoms with Gasteiger partial charge in [0.25, 0.3) is 0 Å². The average Bonchev–Trinajstić information content (AvgIpc) is 3.05. The van der Waals surface area contributed by atoms with Crippen LogP contribution in [-0.4, -0.2) is 43.4 Å². The smallest absolute Gasteiger partial charge is 0.245 e. The van der Waals surface area contributed by atoms with Gasteiger partial charge in [0.15, 0.2) is 0 Å². The van der Waals surface area contributed by atoms with Gasteiger partial charge in [0.05, 0.1) is 5.52 Å². The van der Waals surface area contributed by atoms with Crippen molar-refractivity contribution in [3.05, 3.63) is 36.5 Å². The van der Waals surface area contributed by atoms with Gasteiger partial charge >= 0.3 is 0 Å². The minimum Gasteiger partial charge on any atom is -0.315 e. The quantitative estimate of drug-likeness (QED) is 0.915. The normalized spacial score (nSPS) is 19.1. The highest BCUT2D eigenvalue weighted by atomic mass is 32.2. The van der Waals surface area contributed by atoms with Crippen LogP contribution in [0.3, 0.4) is 0 Å². The SMILES string of the molecule is CCCN(C1CCNC1)S(=O)(=O)c1cccc2cccnc12. The van der Waals surface area contributed by atoms with Crippen molar-refractivity contribution in [2.75, 3.05) is 19.6 Å². The summed E-state index contributed by atoms with van der Waals surface area (Å²) in [7, 11) is -3.54. The number of sulfonamides is 1. The van der Waals surface area contributed by atoms with Crippen LogP contribution in [-0.2, 0) is 10.0 Å². The van der Waals surface area contributed by atoms with Crippen LogP contribution >= 0.6 is 0 Å². The molecule has 0 bridgehead atoms.